The number of benzene rings is 1. The molecule has 0 spiro atoms. The third-order valence-corrected chi connectivity index (χ3v) is 4.34. The van der Waals surface area contributed by atoms with Crippen molar-refractivity contribution in [2.45, 2.75) is 6.92 Å². The molecule has 0 atom stereocenters. The Kier molecular flexibility index (Phi) is 5.31. The molecule has 2 amide bonds. The van der Waals surface area contributed by atoms with E-state index in [-0.39, 0.29) is 17.3 Å². The molecule has 2 aromatic rings. The molecule has 1 N–H and O–H groups in total. The molecule has 0 unspecified atom stereocenters. The number of morpholine rings is 1. The van der Waals surface area contributed by atoms with Crippen LogP contribution in [-0.4, -0.2) is 48.0 Å². The van der Waals surface area contributed by atoms with Gasteiger partial charge in [-0.05, 0) is 36.8 Å². The number of pyridine rings is 1. The topological polar surface area (TPSA) is 71.5 Å². The number of amides is 2. The van der Waals surface area contributed by atoms with Crippen molar-refractivity contribution < 1.29 is 14.3 Å². The summed E-state index contributed by atoms with van der Waals surface area (Å²) in [6.07, 6.45) is 0. The van der Waals surface area contributed by atoms with E-state index in [0.717, 1.165) is 5.56 Å². The summed E-state index contributed by atoms with van der Waals surface area (Å²) in [4.78, 5) is 30.8. The lowest BCUT2D eigenvalue weighted by Crippen LogP contribution is -2.41. The molecular formula is C18H18ClN3O3. The van der Waals surface area contributed by atoms with Gasteiger partial charge in [-0.1, -0.05) is 23.7 Å². The summed E-state index contributed by atoms with van der Waals surface area (Å²) in [6, 6.07) is 10.1. The van der Waals surface area contributed by atoms with Crippen LogP contribution in [0.4, 0.5) is 5.69 Å². The average molecular weight is 360 g/mol. The molecule has 2 heterocycles. The Labute approximate surface area is 150 Å². The summed E-state index contributed by atoms with van der Waals surface area (Å²) < 4.78 is 5.24. The molecule has 1 saturated heterocycles. The zero-order valence-corrected chi connectivity index (χ0v) is 14.5. The SMILES string of the molecule is Cc1ccc(NC(=O)c2cccc(C(=O)N3CCOCC3)n2)cc1Cl. The summed E-state index contributed by atoms with van der Waals surface area (Å²) in [6.45, 7) is 3.97. The molecule has 6 nitrogen and oxygen atoms in total. The van der Waals surface area contributed by atoms with Crippen LogP contribution in [0.5, 0.6) is 0 Å². The Balaban J connectivity index is 1.74. The molecule has 7 heteroatoms. The Morgan fingerprint density at radius 3 is 2.60 bits per heavy atom. The van der Waals surface area contributed by atoms with Crippen LogP contribution in [0.3, 0.4) is 0 Å². The standard InChI is InChI=1S/C18H18ClN3O3/c1-12-5-6-13(11-14(12)19)20-17(23)15-3-2-4-16(21-15)18(24)22-7-9-25-10-8-22/h2-6,11H,7-10H2,1H3,(H,20,23). The van der Waals surface area contributed by atoms with Gasteiger partial charge >= 0.3 is 0 Å². The van der Waals surface area contributed by atoms with Crippen LogP contribution in [0.2, 0.25) is 5.02 Å². The van der Waals surface area contributed by atoms with Gasteiger partial charge in [-0.2, -0.15) is 0 Å². The number of rotatable bonds is 3. The van der Waals surface area contributed by atoms with E-state index >= 15 is 0 Å². The maximum atomic E-state index is 12.5. The Hall–Kier alpha value is -2.44. The van der Waals surface area contributed by atoms with Gasteiger partial charge in [-0.25, -0.2) is 4.98 Å². The second-order valence-corrected chi connectivity index (χ2v) is 6.14. The number of carbonyl (C=O) groups excluding carboxylic acids is 2. The number of nitrogens with zero attached hydrogens (tertiary/aromatic N) is 2. The maximum absolute atomic E-state index is 12.5. The zero-order valence-electron chi connectivity index (χ0n) is 13.8. The van der Waals surface area contributed by atoms with Crippen LogP contribution in [0.25, 0.3) is 0 Å². The summed E-state index contributed by atoms with van der Waals surface area (Å²) in [5.41, 5.74) is 1.93. The molecule has 1 fully saturated rings. The minimum atomic E-state index is -0.392. The number of aryl methyl sites for hydroxylation is 1. The highest BCUT2D eigenvalue weighted by Crippen LogP contribution is 2.20. The molecule has 1 aliphatic rings. The first kappa shape index (κ1) is 17.4. The highest BCUT2D eigenvalue weighted by molar-refractivity contribution is 6.31. The van der Waals surface area contributed by atoms with Crippen molar-refractivity contribution in [3.63, 3.8) is 0 Å². The van der Waals surface area contributed by atoms with E-state index in [2.05, 4.69) is 10.3 Å². The fraction of sp³-hybridized carbons (Fsp3) is 0.278. The van der Waals surface area contributed by atoms with Crippen molar-refractivity contribution in [1.82, 2.24) is 9.88 Å². The van der Waals surface area contributed by atoms with E-state index in [1.165, 1.54) is 0 Å². The van der Waals surface area contributed by atoms with Crippen molar-refractivity contribution in [2.75, 3.05) is 31.6 Å². The van der Waals surface area contributed by atoms with E-state index in [1.54, 1.807) is 35.2 Å². The van der Waals surface area contributed by atoms with Crippen molar-refractivity contribution in [3.8, 4) is 0 Å². The predicted octanol–water partition coefficient (Wildman–Crippen LogP) is 2.77. The van der Waals surface area contributed by atoms with Gasteiger partial charge in [0.25, 0.3) is 11.8 Å². The fourth-order valence-electron chi connectivity index (χ4n) is 2.47. The van der Waals surface area contributed by atoms with Gasteiger partial charge in [0.15, 0.2) is 0 Å². The normalized spacial score (nSPS) is 14.2. The highest BCUT2D eigenvalue weighted by Gasteiger charge is 2.20. The van der Waals surface area contributed by atoms with Crippen molar-refractivity contribution >= 4 is 29.1 Å². The van der Waals surface area contributed by atoms with Crippen LogP contribution >= 0.6 is 11.6 Å². The Morgan fingerprint density at radius 2 is 1.88 bits per heavy atom. The van der Waals surface area contributed by atoms with Gasteiger partial charge in [0.05, 0.1) is 13.2 Å². The number of hydrogen-bond donors (Lipinski definition) is 1. The molecular weight excluding hydrogens is 342 g/mol. The number of hydrogen-bond acceptors (Lipinski definition) is 4. The van der Waals surface area contributed by atoms with Gasteiger partial charge in [0.1, 0.15) is 11.4 Å². The molecule has 1 aliphatic heterocycles. The first-order valence-electron chi connectivity index (χ1n) is 7.96. The summed E-state index contributed by atoms with van der Waals surface area (Å²) in [5, 5.41) is 3.31. The number of aromatic nitrogens is 1. The predicted molar refractivity (Wildman–Crippen MR) is 95.1 cm³/mol. The zero-order chi connectivity index (χ0) is 17.8. The lowest BCUT2D eigenvalue weighted by Gasteiger charge is -2.26. The smallest absolute Gasteiger partial charge is 0.274 e. The van der Waals surface area contributed by atoms with Crippen molar-refractivity contribution in [2.24, 2.45) is 0 Å². The summed E-state index contributed by atoms with van der Waals surface area (Å²) in [5.74, 6) is -0.590. The van der Waals surface area contributed by atoms with Crippen LogP contribution in [-0.2, 0) is 4.74 Å². The quantitative estimate of drug-likeness (QED) is 0.914. The van der Waals surface area contributed by atoms with E-state index < -0.39 is 5.91 Å². The van der Waals surface area contributed by atoms with E-state index in [9.17, 15) is 9.59 Å². The second-order valence-electron chi connectivity index (χ2n) is 5.73. The third kappa shape index (κ3) is 4.15. The minimum absolute atomic E-state index is 0.177. The summed E-state index contributed by atoms with van der Waals surface area (Å²) in [7, 11) is 0. The Morgan fingerprint density at radius 1 is 1.16 bits per heavy atom. The van der Waals surface area contributed by atoms with Gasteiger partial charge in [-0.15, -0.1) is 0 Å². The maximum Gasteiger partial charge on any atom is 0.274 e. The van der Waals surface area contributed by atoms with Crippen LogP contribution in [0, 0.1) is 6.92 Å². The minimum Gasteiger partial charge on any atom is -0.378 e. The largest absolute Gasteiger partial charge is 0.378 e. The molecule has 0 saturated carbocycles. The van der Waals surface area contributed by atoms with Crippen molar-refractivity contribution in [3.05, 3.63) is 58.4 Å². The third-order valence-electron chi connectivity index (χ3n) is 3.93. The number of carbonyl (C=O) groups is 2. The van der Waals surface area contributed by atoms with Gasteiger partial charge in [-0.3, -0.25) is 9.59 Å². The molecule has 0 aliphatic carbocycles. The van der Waals surface area contributed by atoms with Crippen LogP contribution < -0.4 is 5.32 Å². The lowest BCUT2D eigenvalue weighted by molar-refractivity contribution is 0.0299. The van der Waals surface area contributed by atoms with E-state index in [1.807, 2.05) is 13.0 Å². The van der Waals surface area contributed by atoms with Gasteiger partial charge in [0, 0.05) is 23.8 Å². The first-order chi connectivity index (χ1) is 12.0. The fourth-order valence-corrected chi connectivity index (χ4v) is 2.66. The molecule has 130 valence electrons. The van der Waals surface area contributed by atoms with E-state index in [0.29, 0.717) is 37.0 Å². The molecule has 0 radical (unpaired) electrons. The first-order valence-corrected chi connectivity index (χ1v) is 8.34. The van der Waals surface area contributed by atoms with E-state index in [4.69, 9.17) is 16.3 Å². The molecule has 0 bridgehead atoms. The second kappa shape index (κ2) is 7.63. The van der Waals surface area contributed by atoms with Crippen molar-refractivity contribution in [1.29, 1.82) is 0 Å². The monoisotopic (exact) mass is 359 g/mol. The molecule has 3 rings (SSSR count). The number of anilines is 1. The van der Waals surface area contributed by atoms with Gasteiger partial charge in [0.2, 0.25) is 0 Å². The highest BCUT2D eigenvalue weighted by atomic mass is 35.5. The number of nitrogens with one attached hydrogen (secondary N) is 1. The van der Waals surface area contributed by atoms with Gasteiger partial charge < -0.3 is 15.0 Å². The Bertz CT molecular complexity index is 804. The summed E-state index contributed by atoms with van der Waals surface area (Å²) >= 11 is 6.07. The number of ether oxygens (including phenoxy) is 1. The average Bonchev–Trinajstić information content (AvgIpc) is 2.65. The molecule has 25 heavy (non-hydrogen) atoms. The van der Waals surface area contributed by atoms with Crippen LogP contribution in [0.15, 0.2) is 36.4 Å². The molecule has 1 aromatic carbocycles. The van der Waals surface area contributed by atoms with Crippen LogP contribution in [0.1, 0.15) is 26.5 Å². The number of halogens is 1. The lowest BCUT2D eigenvalue weighted by atomic mass is 10.2. The molecule has 1 aromatic heterocycles.